The van der Waals surface area contributed by atoms with E-state index < -0.39 is 30.9 Å². The standard InChI is InChI=1S/C21H23F2N3O6/c1-12-4-5-13(2)16(8-12)31-11-19(28)26-25-18(27)10-24-20(29)14-6-7-15(32-21(22)23)17(9-14)30-3/h4-9,21H,10-11H2,1-3H3,(H,24,29)(H,25,27)(H,26,28). The highest BCUT2D eigenvalue weighted by molar-refractivity contribution is 5.97. The van der Waals surface area contributed by atoms with E-state index in [9.17, 15) is 23.2 Å². The number of carbonyl (C=O) groups is 3. The molecule has 0 spiro atoms. The molecule has 3 N–H and O–H groups in total. The van der Waals surface area contributed by atoms with Gasteiger partial charge in [-0.25, -0.2) is 0 Å². The van der Waals surface area contributed by atoms with Gasteiger partial charge in [-0.1, -0.05) is 12.1 Å². The van der Waals surface area contributed by atoms with Gasteiger partial charge < -0.3 is 19.5 Å². The summed E-state index contributed by atoms with van der Waals surface area (Å²) >= 11 is 0. The van der Waals surface area contributed by atoms with Crippen molar-refractivity contribution < 1.29 is 37.4 Å². The smallest absolute Gasteiger partial charge is 0.387 e. The third kappa shape index (κ3) is 7.42. The molecule has 0 saturated carbocycles. The Hall–Kier alpha value is -3.89. The van der Waals surface area contributed by atoms with Crippen LogP contribution in [0.15, 0.2) is 36.4 Å². The molecule has 2 aromatic rings. The lowest BCUT2D eigenvalue weighted by atomic mass is 10.1. The number of halogens is 2. The summed E-state index contributed by atoms with van der Waals surface area (Å²) in [7, 11) is 1.23. The number of alkyl halides is 2. The number of amides is 3. The number of methoxy groups -OCH3 is 1. The minimum absolute atomic E-state index is 0.0576. The van der Waals surface area contributed by atoms with Crippen LogP contribution in [0.3, 0.4) is 0 Å². The molecule has 0 aliphatic heterocycles. The Morgan fingerprint density at radius 1 is 0.938 bits per heavy atom. The molecule has 0 aromatic heterocycles. The molecule has 0 atom stereocenters. The van der Waals surface area contributed by atoms with Crippen LogP contribution in [0.25, 0.3) is 0 Å². The third-order valence-electron chi connectivity index (χ3n) is 4.10. The zero-order chi connectivity index (χ0) is 23.7. The van der Waals surface area contributed by atoms with Crippen molar-refractivity contribution in [3.8, 4) is 17.2 Å². The molecule has 9 nitrogen and oxygen atoms in total. The Balaban J connectivity index is 1.78. The van der Waals surface area contributed by atoms with Crippen molar-refractivity contribution in [2.24, 2.45) is 0 Å². The van der Waals surface area contributed by atoms with Crippen LogP contribution in [0.5, 0.6) is 17.2 Å². The molecule has 0 saturated heterocycles. The fraction of sp³-hybridized carbons (Fsp3) is 0.286. The van der Waals surface area contributed by atoms with Crippen LogP contribution in [-0.2, 0) is 9.59 Å². The molecule has 2 aromatic carbocycles. The summed E-state index contributed by atoms with van der Waals surface area (Å²) in [5.74, 6) is -1.69. The summed E-state index contributed by atoms with van der Waals surface area (Å²) in [6, 6.07) is 9.14. The quantitative estimate of drug-likeness (QED) is 0.502. The maximum Gasteiger partial charge on any atom is 0.387 e. The summed E-state index contributed by atoms with van der Waals surface area (Å²) in [6.45, 7) is -0.0822. The maximum absolute atomic E-state index is 12.4. The SMILES string of the molecule is COc1cc(C(=O)NCC(=O)NNC(=O)COc2cc(C)ccc2C)ccc1OC(F)F. The number of hydrogen-bond donors (Lipinski definition) is 3. The number of aryl methyl sites for hydroxylation is 2. The summed E-state index contributed by atoms with van der Waals surface area (Å²) < 4.78 is 39.3. The molecule has 0 fully saturated rings. The second-order valence-electron chi connectivity index (χ2n) is 6.58. The summed E-state index contributed by atoms with van der Waals surface area (Å²) in [5, 5.41) is 2.33. The largest absolute Gasteiger partial charge is 0.493 e. The lowest BCUT2D eigenvalue weighted by Crippen LogP contribution is -2.47. The highest BCUT2D eigenvalue weighted by Gasteiger charge is 2.15. The molecule has 2 rings (SSSR count). The van der Waals surface area contributed by atoms with Crippen LogP contribution in [0.2, 0.25) is 0 Å². The predicted octanol–water partition coefficient (Wildman–Crippen LogP) is 1.87. The number of nitrogens with one attached hydrogen (secondary N) is 3. The normalized spacial score (nSPS) is 10.3. The highest BCUT2D eigenvalue weighted by atomic mass is 19.3. The van der Waals surface area contributed by atoms with Gasteiger partial charge in [-0.05, 0) is 49.2 Å². The lowest BCUT2D eigenvalue weighted by molar-refractivity contribution is -0.129. The van der Waals surface area contributed by atoms with Gasteiger partial charge in [-0.2, -0.15) is 8.78 Å². The van der Waals surface area contributed by atoms with Crippen molar-refractivity contribution >= 4 is 17.7 Å². The topological polar surface area (TPSA) is 115 Å². The van der Waals surface area contributed by atoms with Crippen LogP contribution < -0.4 is 30.4 Å². The van der Waals surface area contributed by atoms with E-state index >= 15 is 0 Å². The van der Waals surface area contributed by atoms with E-state index in [1.54, 1.807) is 6.07 Å². The molecule has 0 aliphatic carbocycles. The number of carbonyl (C=O) groups excluding carboxylic acids is 3. The first-order valence-electron chi connectivity index (χ1n) is 9.38. The van der Waals surface area contributed by atoms with E-state index in [-0.39, 0.29) is 23.7 Å². The van der Waals surface area contributed by atoms with Gasteiger partial charge >= 0.3 is 6.61 Å². The predicted molar refractivity (Wildman–Crippen MR) is 110 cm³/mol. The summed E-state index contributed by atoms with van der Waals surface area (Å²) in [4.78, 5) is 35.8. The van der Waals surface area contributed by atoms with Crippen molar-refractivity contribution in [2.75, 3.05) is 20.3 Å². The average molecular weight is 451 g/mol. The number of benzene rings is 2. The van der Waals surface area contributed by atoms with Crippen molar-refractivity contribution in [3.05, 3.63) is 53.1 Å². The van der Waals surface area contributed by atoms with E-state index in [0.717, 1.165) is 17.2 Å². The first kappa shape index (κ1) is 24.4. The molecule has 0 unspecified atom stereocenters. The van der Waals surface area contributed by atoms with Gasteiger partial charge in [0.25, 0.3) is 17.7 Å². The Kier molecular flexibility index (Phi) is 8.75. The molecule has 3 amide bonds. The zero-order valence-electron chi connectivity index (χ0n) is 17.7. The van der Waals surface area contributed by atoms with Gasteiger partial charge in [0, 0.05) is 5.56 Å². The van der Waals surface area contributed by atoms with Gasteiger partial charge in [0.15, 0.2) is 18.1 Å². The monoisotopic (exact) mass is 451 g/mol. The fourth-order valence-electron chi connectivity index (χ4n) is 2.49. The number of hydrogen-bond acceptors (Lipinski definition) is 6. The lowest BCUT2D eigenvalue weighted by Gasteiger charge is -2.12. The third-order valence-corrected chi connectivity index (χ3v) is 4.10. The Morgan fingerprint density at radius 2 is 1.66 bits per heavy atom. The molecule has 11 heteroatoms. The average Bonchev–Trinajstić information content (AvgIpc) is 2.76. The Bertz CT molecular complexity index is 984. The van der Waals surface area contributed by atoms with Gasteiger partial charge in [-0.3, -0.25) is 25.2 Å². The van der Waals surface area contributed by atoms with Gasteiger partial charge in [-0.15, -0.1) is 0 Å². The van der Waals surface area contributed by atoms with Crippen LogP contribution in [0.1, 0.15) is 21.5 Å². The first-order chi connectivity index (χ1) is 15.2. The molecule has 0 radical (unpaired) electrons. The molecule has 0 aliphatic rings. The second kappa shape index (κ2) is 11.5. The van der Waals surface area contributed by atoms with Crippen molar-refractivity contribution in [2.45, 2.75) is 20.5 Å². The summed E-state index contributed by atoms with van der Waals surface area (Å²) in [5.41, 5.74) is 6.21. The fourth-order valence-corrected chi connectivity index (χ4v) is 2.49. The van der Waals surface area contributed by atoms with Gasteiger partial charge in [0.1, 0.15) is 5.75 Å². The number of hydrazine groups is 1. The number of ether oxygens (including phenoxy) is 3. The number of rotatable bonds is 9. The van der Waals surface area contributed by atoms with Crippen LogP contribution in [0, 0.1) is 13.8 Å². The van der Waals surface area contributed by atoms with Crippen molar-refractivity contribution in [1.29, 1.82) is 0 Å². The van der Waals surface area contributed by atoms with E-state index in [4.69, 9.17) is 9.47 Å². The van der Waals surface area contributed by atoms with E-state index in [0.29, 0.717) is 5.75 Å². The summed E-state index contributed by atoms with van der Waals surface area (Å²) in [6.07, 6.45) is 0. The van der Waals surface area contributed by atoms with Gasteiger partial charge in [0.05, 0.1) is 13.7 Å². The van der Waals surface area contributed by atoms with E-state index in [1.807, 2.05) is 26.0 Å². The molecule has 172 valence electrons. The highest BCUT2D eigenvalue weighted by Crippen LogP contribution is 2.29. The van der Waals surface area contributed by atoms with Gasteiger partial charge in [0.2, 0.25) is 0 Å². The molecular weight excluding hydrogens is 428 g/mol. The zero-order valence-corrected chi connectivity index (χ0v) is 17.7. The molecule has 32 heavy (non-hydrogen) atoms. The molecular formula is C21H23F2N3O6. The van der Waals surface area contributed by atoms with Crippen molar-refractivity contribution in [3.63, 3.8) is 0 Å². The van der Waals surface area contributed by atoms with Crippen LogP contribution in [0.4, 0.5) is 8.78 Å². The minimum atomic E-state index is -3.05. The Labute approximate surface area is 183 Å². The van der Waals surface area contributed by atoms with Crippen molar-refractivity contribution in [1.82, 2.24) is 16.2 Å². The first-order valence-corrected chi connectivity index (χ1v) is 9.38. The maximum atomic E-state index is 12.4. The second-order valence-corrected chi connectivity index (χ2v) is 6.58. The molecule has 0 heterocycles. The van der Waals surface area contributed by atoms with Crippen LogP contribution in [-0.4, -0.2) is 44.6 Å². The van der Waals surface area contributed by atoms with E-state index in [1.165, 1.54) is 19.2 Å². The minimum Gasteiger partial charge on any atom is -0.493 e. The van der Waals surface area contributed by atoms with Crippen LogP contribution >= 0.6 is 0 Å². The van der Waals surface area contributed by atoms with E-state index in [2.05, 4.69) is 20.9 Å². The Morgan fingerprint density at radius 3 is 2.34 bits per heavy atom. The molecule has 0 bridgehead atoms.